The Morgan fingerprint density at radius 1 is 1.20 bits per heavy atom. The number of nitrogens with one attached hydrogen (secondary N) is 1. The highest BCUT2D eigenvalue weighted by Gasteiger charge is 2.22. The van der Waals surface area contributed by atoms with Crippen molar-refractivity contribution in [1.82, 2.24) is 20.2 Å². The first-order valence-corrected chi connectivity index (χ1v) is 7.68. The molecule has 1 saturated carbocycles. The summed E-state index contributed by atoms with van der Waals surface area (Å²) in [6.45, 7) is 3.22. The molecule has 1 aromatic rings. The van der Waals surface area contributed by atoms with Crippen LogP contribution in [-0.2, 0) is 6.54 Å². The summed E-state index contributed by atoms with van der Waals surface area (Å²) in [5.41, 5.74) is 1.18. The second-order valence-corrected chi connectivity index (χ2v) is 6.19. The highest BCUT2D eigenvalue weighted by Crippen LogP contribution is 2.20. The van der Waals surface area contributed by atoms with E-state index in [1.165, 1.54) is 44.3 Å². The van der Waals surface area contributed by atoms with Gasteiger partial charge in [0, 0.05) is 43.6 Å². The number of likely N-dealkylation sites (tertiary alicyclic amines) is 1. The molecular formula is C15H25N5. The van der Waals surface area contributed by atoms with Crippen LogP contribution in [0, 0.1) is 0 Å². The number of rotatable bonds is 5. The molecule has 1 aromatic heterocycles. The van der Waals surface area contributed by atoms with E-state index in [0.29, 0.717) is 6.04 Å². The topological polar surface area (TPSA) is 44.3 Å². The van der Waals surface area contributed by atoms with Gasteiger partial charge in [-0.1, -0.05) is 0 Å². The van der Waals surface area contributed by atoms with E-state index in [4.69, 9.17) is 0 Å². The fourth-order valence-corrected chi connectivity index (χ4v) is 2.72. The van der Waals surface area contributed by atoms with Gasteiger partial charge in [0.2, 0.25) is 5.95 Å². The summed E-state index contributed by atoms with van der Waals surface area (Å²) < 4.78 is 0. The summed E-state index contributed by atoms with van der Waals surface area (Å²) in [5, 5.41) is 3.49. The number of aromatic nitrogens is 2. The molecule has 1 aliphatic carbocycles. The maximum atomic E-state index is 4.53. The van der Waals surface area contributed by atoms with Crippen molar-refractivity contribution in [2.75, 3.05) is 32.1 Å². The van der Waals surface area contributed by atoms with Crippen LogP contribution >= 0.6 is 0 Å². The maximum Gasteiger partial charge on any atom is 0.225 e. The Hall–Kier alpha value is -1.20. The standard InChI is InChI=1S/C15H25N5/c1-19-7-5-14(6-8-19)20(2)15-17-10-12(11-18-15)9-16-13-3-4-13/h10-11,13-14,16H,3-9H2,1-2H3. The third-order valence-electron chi connectivity index (χ3n) is 4.42. The number of nitrogens with zero attached hydrogens (tertiary/aromatic N) is 4. The molecule has 0 atom stereocenters. The lowest BCUT2D eigenvalue weighted by Crippen LogP contribution is -2.42. The predicted molar refractivity (Wildman–Crippen MR) is 80.8 cm³/mol. The van der Waals surface area contributed by atoms with Crippen LogP contribution in [0.1, 0.15) is 31.2 Å². The van der Waals surface area contributed by atoms with Crippen LogP contribution in [0.4, 0.5) is 5.95 Å². The third-order valence-corrected chi connectivity index (χ3v) is 4.42. The molecule has 0 aromatic carbocycles. The van der Waals surface area contributed by atoms with Crippen molar-refractivity contribution < 1.29 is 0 Å². The average molecular weight is 275 g/mol. The van der Waals surface area contributed by atoms with Gasteiger partial charge in [0.1, 0.15) is 0 Å². The maximum absolute atomic E-state index is 4.53. The molecule has 0 amide bonds. The van der Waals surface area contributed by atoms with Crippen LogP contribution in [0.15, 0.2) is 12.4 Å². The molecule has 1 saturated heterocycles. The monoisotopic (exact) mass is 275 g/mol. The van der Waals surface area contributed by atoms with Crippen LogP contribution in [0.25, 0.3) is 0 Å². The lowest BCUT2D eigenvalue weighted by Gasteiger charge is -2.35. The molecular weight excluding hydrogens is 250 g/mol. The van der Waals surface area contributed by atoms with Crippen LogP contribution in [0.2, 0.25) is 0 Å². The number of piperidine rings is 1. The fourth-order valence-electron chi connectivity index (χ4n) is 2.72. The Labute approximate surface area is 121 Å². The van der Waals surface area contributed by atoms with Crippen molar-refractivity contribution in [3.63, 3.8) is 0 Å². The molecule has 5 nitrogen and oxygen atoms in total. The van der Waals surface area contributed by atoms with Gasteiger partial charge in [0.25, 0.3) is 0 Å². The summed E-state index contributed by atoms with van der Waals surface area (Å²) in [5.74, 6) is 0.856. The molecule has 2 aliphatic rings. The number of hydrogen-bond acceptors (Lipinski definition) is 5. The lowest BCUT2D eigenvalue weighted by atomic mass is 10.0. The summed E-state index contributed by atoms with van der Waals surface area (Å²) in [6, 6.07) is 1.30. The Kier molecular flexibility index (Phi) is 4.17. The van der Waals surface area contributed by atoms with E-state index in [2.05, 4.69) is 39.2 Å². The van der Waals surface area contributed by atoms with Gasteiger partial charge in [-0.05, 0) is 45.8 Å². The largest absolute Gasteiger partial charge is 0.341 e. The Bertz CT molecular complexity index is 420. The quantitative estimate of drug-likeness (QED) is 0.876. The van der Waals surface area contributed by atoms with Gasteiger partial charge < -0.3 is 15.1 Å². The molecule has 1 N–H and O–H groups in total. The first-order chi connectivity index (χ1) is 9.72. The molecule has 0 radical (unpaired) electrons. The van der Waals surface area contributed by atoms with Gasteiger partial charge in [-0.25, -0.2) is 9.97 Å². The minimum atomic E-state index is 0.571. The van der Waals surface area contributed by atoms with Gasteiger partial charge in [-0.3, -0.25) is 0 Å². The van der Waals surface area contributed by atoms with Crippen molar-refractivity contribution >= 4 is 5.95 Å². The van der Waals surface area contributed by atoms with Crippen molar-refractivity contribution in [3.05, 3.63) is 18.0 Å². The van der Waals surface area contributed by atoms with Crippen molar-refractivity contribution in [1.29, 1.82) is 0 Å². The number of anilines is 1. The SMILES string of the molecule is CN1CCC(N(C)c2ncc(CNC3CC3)cn2)CC1. The van der Waals surface area contributed by atoms with E-state index in [9.17, 15) is 0 Å². The van der Waals surface area contributed by atoms with E-state index < -0.39 is 0 Å². The smallest absolute Gasteiger partial charge is 0.225 e. The first kappa shape index (κ1) is 13.8. The normalized spacial score (nSPS) is 21.1. The van der Waals surface area contributed by atoms with Gasteiger partial charge in [0.05, 0.1) is 0 Å². The minimum Gasteiger partial charge on any atom is -0.341 e. The highest BCUT2D eigenvalue weighted by molar-refractivity contribution is 5.30. The van der Waals surface area contributed by atoms with E-state index >= 15 is 0 Å². The van der Waals surface area contributed by atoms with Crippen LogP contribution in [-0.4, -0.2) is 54.1 Å². The summed E-state index contributed by atoms with van der Waals surface area (Å²) in [7, 11) is 4.31. The van der Waals surface area contributed by atoms with Gasteiger partial charge >= 0.3 is 0 Å². The molecule has 2 fully saturated rings. The van der Waals surface area contributed by atoms with E-state index in [-0.39, 0.29) is 0 Å². The summed E-state index contributed by atoms with van der Waals surface area (Å²) in [6.07, 6.45) is 8.95. The summed E-state index contributed by atoms with van der Waals surface area (Å²) >= 11 is 0. The average Bonchev–Trinajstić information content (AvgIpc) is 3.30. The zero-order valence-electron chi connectivity index (χ0n) is 12.5. The molecule has 20 heavy (non-hydrogen) atoms. The Balaban J connectivity index is 1.55. The molecule has 3 rings (SSSR count). The van der Waals surface area contributed by atoms with E-state index in [1.54, 1.807) is 0 Å². The highest BCUT2D eigenvalue weighted by atomic mass is 15.3. The second-order valence-electron chi connectivity index (χ2n) is 6.19. The minimum absolute atomic E-state index is 0.571. The predicted octanol–water partition coefficient (Wildman–Crippen LogP) is 1.26. The molecule has 0 bridgehead atoms. The van der Waals surface area contributed by atoms with Crippen molar-refractivity contribution in [2.45, 2.75) is 44.3 Å². The van der Waals surface area contributed by atoms with Crippen LogP contribution in [0.5, 0.6) is 0 Å². The molecule has 0 spiro atoms. The zero-order chi connectivity index (χ0) is 13.9. The third kappa shape index (κ3) is 3.46. The molecule has 110 valence electrons. The second kappa shape index (κ2) is 6.06. The zero-order valence-corrected chi connectivity index (χ0v) is 12.5. The first-order valence-electron chi connectivity index (χ1n) is 7.68. The molecule has 2 heterocycles. The van der Waals surface area contributed by atoms with E-state index in [0.717, 1.165) is 18.5 Å². The van der Waals surface area contributed by atoms with Gasteiger partial charge in [-0.2, -0.15) is 0 Å². The van der Waals surface area contributed by atoms with Crippen LogP contribution in [0.3, 0.4) is 0 Å². The van der Waals surface area contributed by atoms with E-state index in [1.807, 2.05) is 12.4 Å². The fraction of sp³-hybridized carbons (Fsp3) is 0.733. The molecule has 1 aliphatic heterocycles. The van der Waals surface area contributed by atoms with Gasteiger partial charge in [-0.15, -0.1) is 0 Å². The molecule has 0 unspecified atom stereocenters. The Morgan fingerprint density at radius 3 is 2.45 bits per heavy atom. The molecule has 5 heteroatoms. The summed E-state index contributed by atoms with van der Waals surface area (Å²) in [4.78, 5) is 13.7. The van der Waals surface area contributed by atoms with Crippen molar-refractivity contribution in [2.24, 2.45) is 0 Å². The lowest BCUT2D eigenvalue weighted by molar-refractivity contribution is 0.252. The van der Waals surface area contributed by atoms with Crippen molar-refractivity contribution in [3.8, 4) is 0 Å². The van der Waals surface area contributed by atoms with Crippen LogP contribution < -0.4 is 10.2 Å². The number of hydrogen-bond donors (Lipinski definition) is 1. The Morgan fingerprint density at radius 2 is 1.85 bits per heavy atom. The van der Waals surface area contributed by atoms with Gasteiger partial charge in [0.15, 0.2) is 0 Å².